The van der Waals surface area contributed by atoms with E-state index >= 15 is 0 Å². The highest BCUT2D eigenvalue weighted by molar-refractivity contribution is 7.80. The second-order valence-corrected chi connectivity index (χ2v) is 8.35. The van der Waals surface area contributed by atoms with Crippen LogP contribution in [-0.4, -0.2) is 28.8 Å². The van der Waals surface area contributed by atoms with Crippen molar-refractivity contribution >= 4 is 28.9 Å². The van der Waals surface area contributed by atoms with Gasteiger partial charge in [0.25, 0.3) is 5.91 Å². The molecule has 2 aliphatic rings. The smallest absolute Gasteiger partial charge is 0.296 e. The minimum absolute atomic E-state index is 0.242. The molecule has 2 aliphatic heterocycles. The minimum atomic E-state index is -0.795. The first-order chi connectivity index (χ1) is 14.9. The van der Waals surface area contributed by atoms with Gasteiger partial charge in [-0.2, -0.15) is 0 Å². The number of aryl methyl sites for hydroxylation is 1. The largest absolute Gasteiger partial charge is 0.493 e. The highest BCUT2D eigenvalue weighted by Crippen LogP contribution is 2.52. The zero-order chi connectivity index (χ0) is 21.8. The molecule has 2 bridgehead atoms. The molecule has 0 aliphatic carbocycles. The van der Waals surface area contributed by atoms with Gasteiger partial charge in [-0.05, 0) is 62.0 Å². The first kappa shape index (κ1) is 19.6. The molecule has 1 saturated heterocycles. The summed E-state index contributed by atoms with van der Waals surface area (Å²) < 4.78 is 17.6. The zero-order valence-electron chi connectivity index (χ0n) is 17.5. The summed E-state index contributed by atoms with van der Waals surface area (Å²) in [5, 5.41) is 0.374. The number of carbonyl (C=O) groups is 1. The van der Waals surface area contributed by atoms with Crippen LogP contribution in [0.1, 0.15) is 41.1 Å². The van der Waals surface area contributed by atoms with Gasteiger partial charge in [-0.3, -0.25) is 14.6 Å². The molecule has 2 unspecified atom stereocenters. The molecule has 1 amide bonds. The summed E-state index contributed by atoms with van der Waals surface area (Å²) in [6, 6.07) is 16.8. The number of hydrogen-bond acceptors (Lipinski definition) is 5. The molecule has 0 radical (unpaired) electrons. The Hall–Kier alpha value is -3.32. The first-order valence-corrected chi connectivity index (χ1v) is 10.5. The molecule has 1 aromatic heterocycles. The van der Waals surface area contributed by atoms with Gasteiger partial charge >= 0.3 is 0 Å². The number of hydrogen-bond donors (Lipinski definition) is 0. The van der Waals surface area contributed by atoms with E-state index in [2.05, 4.69) is 0 Å². The molecule has 7 heteroatoms. The number of fused-ring (bicyclic) bond motifs is 4. The number of methoxy groups -OCH3 is 1. The topological polar surface area (TPSA) is 55.2 Å². The van der Waals surface area contributed by atoms with Crippen molar-refractivity contribution in [3.63, 3.8) is 0 Å². The summed E-state index contributed by atoms with van der Waals surface area (Å²) in [5.74, 6) is 1.21. The van der Waals surface area contributed by atoms with Crippen molar-refractivity contribution in [2.75, 3.05) is 12.0 Å². The molecule has 158 valence electrons. The molecule has 1 fully saturated rings. The van der Waals surface area contributed by atoms with E-state index in [1.54, 1.807) is 24.1 Å². The fourth-order valence-corrected chi connectivity index (χ4v) is 5.01. The summed E-state index contributed by atoms with van der Waals surface area (Å²) in [5.41, 5.74) is 2.02. The standard InChI is InChI=1S/C24H22N2O4S/c1-15-7-4-8-16(13-15)26-23(31)25(22(27)20-11-6-12-29-20)18-14-24(26,2)30-21-17(18)9-5-10-19(21)28-3/h4-13,18H,14H2,1-3H3. The molecule has 0 saturated carbocycles. The van der Waals surface area contributed by atoms with Crippen molar-refractivity contribution in [3.8, 4) is 11.5 Å². The molecule has 0 N–H and O–H groups in total. The minimum Gasteiger partial charge on any atom is -0.493 e. The Morgan fingerprint density at radius 3 is 2.71 bits per heavy atom. The van der Waals surface area contributed by atoms with E-state index in [9.17, 15) is 4.79 Å². The van der Waals surface area contributed by atoms with E-state index in [4.69, 9.17) is 26.1 Å². The van der Waals surface area contributed by atoms with Crippen molar-refractivity contribution in [1.29, 1.82) is 0 Å². The van der Waals surface area contributed by atoms with E-state index in [-0.39, 0.29) is 17.7 Å². The molecular formula is C24H22N2O4S. The van der Waals surface area contributed by atoms with Crippen LogP contribution in [0.3, 0.4) is 0 Å². The van der Waals surface area contributed by atoms with Crippen LogP contribution in [0.15, 0.2) is 65.3 Å². The summed E-state index contributed by atoms with van der Waals surface area (Å²) >= 11 is 5.92. The normalized spacial score (nSPS) is 22.0. The Morgan fingerprint density at radius 1 is 1.19 bits per heavy atom. The van der Waals surface area contributed by atoms with Gasteiger partial charge in [-0.1, -0.05) is 24.3 Å². The van der Waals surface area contributed by atoms with Gasteiger partial charge in [-0.25, -0.2) is 0 Å². The number of benzene rings is 2. The second kappa shape index (κ2) is 7.13. The molecule has 5 rings (SSSR count). The Balaban J connectivity index is 1.72. The third kappa shape index (κ3) is 2.99. The number of ether oxygens (including phenoxy) is 2. The van der Waals surface area contributed by atoms with Crippen molar-refractivity contribution in [2.24, 2.45) is 0 Å². The average Bonchev–Trinajstić information content (AvgIpc) is 3.28. The zero-order valence-corrected chi connectivity index (χ0v) is 18.3. The monoisotopic (exact) mass is 434 g/mol. The van der Waals surface area contributed by atoms with Crippen molar-refractivity contribution in [1.82, 2.24) is 4.90 Å². The molecular weight excluding hydrogens is 412 g/mol. The number of amides is 1. The maximum Gasteiger partial charge on any atom is 0.296 e. The van der Waals surface area contributed by atoms with Crippen LogP contribution >= 0.6 is 12.2 Å². The number of furan rings is 1. The second-order valence-electron chi connectivity index (χ2n) is 7.99. The predicted molar refractivity (Wildman–Crippen MR) is 121 cm³/mol. The van der Waals surface area contributed by atoms with Crippen LogP contribution in [0.25, 0.3) is 0 Å². The number of thiocarbonyl (C=S) groups is 1. The Labute approximate surface area is 186 Å². The van der Waals surface area contributed by atoms with Crippen LogP contribution < -0.4 is 14.4 Å². The first-order valence-electron chi connectivity index (χ1n) is 10.1. The van der Waals surface area contributed by atoms with E-state index < -0.39 is 5.72 Å². The van der Waals surface area contributed by atoms with Crippen LogP contribution in [0.5, 0.6) is 11.5 Å². The fourth-order valence-electron chi connectivity index (χ4n) is 4.50. The highest BCUT2D eigenvalue weighted by atomic mass is 32.1. The molecule has 2 atom stereocenters. The van der Waals surface area contributed by atoms with Gasteiger partial charge in [0.05, 0.1) is 19.4 Å². The van der Waals surface area contributed by atoms with Crippen molar-refractivity contribution < 1.29 is 18.7 Å². The van der Waals surface area contributed by atoms with E-state index in [0.717, 1.165) is 16.8 Å². The highest BCUT2D eigenvalue weighted by Gasteiger charge is 2.54. The maximum absolute atomic E-state index is 13.5. The summed E-state index contributed by atoms with van der Waals surface area (Å²) in [7, 11) is 1.61. The number of carbonyl (C=O) groups excluding carboxylic acids is 1. The fraction of sp³-hybridized carbons (Fsp3) is 0.250. The van der Waals surface area contributed by atoms with Gasteiger partial charge in [0, 0.05) is 17.7 Å². The van der Waals surface area contributed by atoms with E-state index in [0.29, 0.717) is 23.0 Å². The number of para-hydroxylation sites is 1. The molecule has 3 aromatic rings. The third-order valence-corrected chi connectivity index (χ3v) is 6.25. The van der Waals surface area contributed by atoms with E-state index in [1.807, 2.05) is 61.2 Å². The van der Waals surface area contributed by atoms with Crippen LogP contribution in [0.2, 0.25) is 0 Å². The number of rotatable bonds is 3. The lowest BCUT2D eigenvalue weighted by Crippen LogP contribution is -2.67. The summed E-state index contributed by atoms with van der Waals surface area (Å²) in [6.45, 7) is 4.02. The average molecular weight is 435 g/mol. The quantitative estimate of drug-likeness (QED) is 0.536. The number of anilines is 1. The van der Waals surface area contributed by atoms with Gasteiger partial charge in [0.15, 0.2) is 28.1 Å². The van der Waals surface area contributed by atoms with E-state index in [1.165, 1.54) is 6.26 Å². The lowest BCUT2D eigenvalue weighted by Gasteiger charge is -2.55. The van der Waals surface area contributed by atoms with Crippen LogP contribution in [0.4, 0.5) is 5.69 Å². The summed E-state index contributed by atoms with van der Waals surface area (Å²) in [6.07, 6.45) is 2.03. The van der Waals surface area contributed by atoms with Crippen molar-refractivity contribution in [3.05, 3.63) is 77.7 Å². The lowest BCUT2D eigenvalue weighted by atomic mass is 9.88. The van der Waals surface area contributed by atoms with Gasteiger partial charge in [0.1, 0.15) is 0 Å². The third-order valence-electron chi connectivity index (χ3n) is 5.87. The molecule has 6 nitrogen and oxygen atoms in total. The van der Waals surface area contributed by atoms with Gasteiger partial charge in [0.2, 0.25) is 0 Å². The van der Waals surface area contributed by atoms with Gasteiger partial charge in [-0.15, -0.1) is 0 Å². The van der Waals surface area contributed by atoms with Gasteiger partial charge < -0.3 is 13.9 Å². The van der Waals surface area contributed by atoms with Crippen LogP contribution in [0, 0.1) is 6.92 Å². The lowest BCUT2D eigenvalue weighted by molar-refractivity contribution is 0.0152. The summed E-state index contributed by atoms with van der Waals surface area (Å²) in [4.78, 5) is 17.1. The van der Waals surface area contributed by atoms with Crippen LogP contribution in [-0.2, 0) is 0 Å². The van der Waals surface area contributed by atoms with Crippen molar-refractivity contribution in [2.45, 2.75) is 32.0 Å². The molecule has 31 heavy (non-hydrogen) atoms. The Morgan fingerprint density at radius 2 is 2.00 bits per heavy atom. The SMILES string of the molecule is COc1cccc2c1OC1(C)CC2N(C(=O)c2ccco2)C(=S)N1c1cccc(C)c1. The molecule has 2 aromatic carbocycles. The molecule has 0 spiro atoms. The molecule has 3 heterocycles. The predicted octanol–water partition coefficient (Wildman–Crippen LogP) is 5.08. The number of nitrogens with zero attached hydrogens (tertiary/aromatic N) is 2. The maximum atomic E-state index is 13.5. The Bertz CT molecular complexity index is 1180. The Kier molecular flexibility index (Phi) is 4.51.